The Morgan fingerprint density at radius 2 is 2.27 bits per heavy atom. The Hall–Kier alpha value is -1.64. The molecule has 1 unspecified atom stereocenters. The lowest BCUT2D eigenvalue weighted by molar-refractivity contribution is -0.116. The highest BCUT2D eigenvalue weighted by atomic mass is 79.9. The Labute approximate surface area is 168 Å². The molecule has 2 aliphatic heterocycles. The largest absolute Gasteiger partial charge is 0.298 e. The number of unbranched alkanes of at least 4 members (excludes halogenated alkanes) is 1. The predicted octanol–water partition coefficient (Wildman–Crippen LogP) is 3.19. The van der Waals surface area contributed by atoms with Gasteiger partial charge in [-0.15, -0.1) is 5.10 Å². The van der Waals surface area contributed by atoms with Crippen molar-refractivity contribution >= 4 is 55.8 Å². The zero-order valence-electron chi connectivity index (χ0n) is 14.1. The Bertz CT molecular complexity index is 987. The minimum Gasteiger partial charge on any atom is -0.298 e. The Kier molecular flexibility index (Phi) is 5.15. The number of halogens is 1. The van der Waals surface area contributed by atoms with Crippen LogP contribution in [-0.4, -0.2) is 21.8 Å². The van der Waals surface area contributed by atoms with E-state index >= 15 is 0 Å². The molecule has 1 N–H and O–H groups in total. The van der Waals surface area contributed by atoms with Crippen molar-refractivity contribution in [3.63, 3.8) is 0 Å². The molecule has 0 saturated carbocycles. The summed E-state index contributed by atoms with van der Waals surface area (Å²) >= 11 is 6.69. The molecule has 134 valence electrons. The smallest absolute Gasteiger partial charge is 0.276 e. The lowest BCUT2D eigenvalue weighted by atomic mass is 10.1. The molecule has 4 rings (SSSR count). The van der Waals surface area contributed by atoms with E-state index in [2.05, 4.69) is 33.6 Å². The summed E-state index contributed by atoms with van der Waals surface area (Å²) in [4.78, 5) is 17.8. The van der Waals surface area contributed by atoms with E-state index in [-0.39, 0.29) is 12.1 Å². The molecule has 0 bridgehead atoms. The summed E-state index contributed by atoms with van der Waals surface area (Å²) in [6.45, 7) is 2.15. The fourth-order valence-corrected chi connectivity index (χ4v) is 4.84. The van der Waals surface area contributed by atoms with Crippen LogP contribution in [0.25, 0.3) is 5.70 Å². The number of thioether (sulfide) groups is 1. The third kappa shape index (κ3) is 3.33. The Morgan fingerprint density at radius 3 is 3.04 bits per heavy atom. The number of nitrogens with zero attached hydrogens (tertiary/aromatic N) is 3. The first-order valence-electron chi connectivity index (χ1n) is 8.39. The molecule has 0 fully saturated rings. The minimum absolute atomic E-state index is 0.131. The van der Waals surface area contributed by atoms with E-state index in [4.69, 9.17) is 10.1 Å². The number of hydrogen-bond donors (Lipinski definition) is 1. The number of benzene rings is 1. The molecule has 0 radical (unpaired) electrons. The lowest BCUT2D eigenvalue weighted by Gasteiger charge is -2.33. The SMILES string of the molecule is CCCCSC1=NN2C(=c3cc(Br)ccc3=NC2c2ccsc2)C(=O)N1. The van der Waals surface area contributed by atoms with Gasteiger partial charge in [-0.25, -0.2) is 5.01 Å². The predicted molar refractivity (Wildman–Crippen MR) is 110 cm³/mol. The molecule has 0 saturated heterocycles. The molecule has 0 aliphatic carbocycles. The average Bonchev–Trinajstić information content (AvgIpc) is 3.15. The number of carbonyl (C=O) groups excluding carboxylic acids is 1. The molecule has 26 heavy (non-hydrogen) atoms. The van der Waals surface area contributed by atoms with Crippen molar-refractivity contribution in [2.75, 3.05) is 5.75 Å². The highest BCUT2D eigenvalue weighted by molar-refractivity contribution is 9.10. The van der Waals surface area contributed by atoms with Crippen molar-refractivity contribution in [2.45, 2.75) is 25.9 Å². The number of carbonyl (C=O) groups is 1. The molecule has 1 amide bonds. The standard InChI is InChI=1S/C18H17BrN4OS2/c1-2-3-7-26-18-21-17(24)15-13-9-12(19)4-5-14(13)20-16(23(15)22-18)11-6-8-25-10-11/h4-6,8-10,16H,2-3,7H2,1H3,(H,21,22,24). The van der Waals surface area contributed by atoms with Gasteiger partial charge in [0, 0.05) is 21.0 Å². The van der Waals surface area contributed by atoms with Gasteiger partial charge in [-0.2, -0.15) is 11.3 Å². The second kappa shape index (κ2) is 7.54. The third-order valence-electron chi connectivity index (χ3n) is 4.15. The number of amidine groups is 1. The van der Waals surface area contributed by atoms with E-state index in [1.54, 1.807) is 28.1 Å². The van der Waals surface area contributed by atoms with Crippen molar-refractivity contribution in [1.29, 1.82) is 0 Å². The first-order valence-corrected chi connectivity index (χ1v) is 11.1. The van der Waals surface area contributed by atoms with E-state index in [9.17, 15) is 4.79 Å². The summed E-state index contributed by atoms with van der Waals surface area (Å²) in [6.07, 6.45) is 1.88. The van der Waals surface area contributed by atoms with Gasteiger partial charge in [-0.05, 0) is 41.4 Å². The first-order chi connectivity index (χ1) is 12.7. The number of nitrogens with one attached hydrogen (secondary N) is 1. The van der Waals surface area contributed by atoms with Gasteiger partial charge in [-0.3, -0.25) is 15.1 Å². The van der Waals surface area contributed by atoms with Crippen LogP contribution in [0.3, 0.4) is 0 Å². The zero-order valence-corrected chi connectivity index (χ0v) is 17.3. The summed E-state index contributed by atoms with van der Waals surface area (Å²) in [5.74, 6) is 0.801. The number of hydrogen-bond acceptors (Lipinski definition) is 6. The molecule has 0 spiro atoms. The van der Waals surface area contributed by atoms with Crippen LogP contribution >= 0.6 is 39.0 Å². The molecule has 1 atom stereocenters. The van der Waals surface area contributed by atoms with Crippen LogP contribution in [0, 0.1) is 0 Å². The second-order valence-electron chi connectivity index (χ2n) is 5.98. The van der Waals surface area contributed by atoms with Gasteiger partial charge in [0.1, 0.15) is 5.70 Å². The molecular formula is C18H17BrN4OS2. The van der Waals surface area contributed by atoms with Gasteiger partial charge in [-0.1, -0.05) is 41.0 Å². The van der Waals surface area contributed by atoms with Gasteiger partial charge in [0.05, 0.1) is 5.36 Å². The fraction of sp³-hybridized carbons (Fsp3) is 0.278. The van der Waals surface area contributed by atoms with Crippen molar-refractivity contribution in [2.24, 2.45) is 10.1 Å². The van der Waals surface area contributed by atoms with Crippen LogP contribution in [0.15, 0.2) is 49.6 Å². The van der Waals surface area contributed by atoms with Crippen LogP contribution in [0.5, 0.6) is 0 Å². The molecular weight excluding hydrogens is 432 g/mol. The number of rotatable bonds is 4. The van der Waals surface area contributed by atoms with Crippen molar-refractivity contribution in [3.8, 4) is 0 Å². The summed E-state index contributed by atoms with van der Waals surface area (Å²) < 4.78 is 0.910. The quantitative estimate of drug-likeness (QED) is 0.730. The normalized spacial score (nSPS) is 18.6. The van der Waals surface area contributed by atoms with Gasteiger partial charge in [0.25, 0.3) is 5.91 Å². The first kappa shape index (κ1) is 17.8. The van der Waals surface area contributed by atoms with Crippen LogP contribution in [0.4, 0.5) is 0 Å². The van der Waals surface area contributed by atoms with Gasteiger partial charge in [0.15, 0.2) is 11.3 Å². The number of thiophene rings is 1. The Morgan fingerprint density at radius 1 is 1.38 bits per heavy atom. The topological polar surface area (TPSA) is 57.1 Å². The molecule has 1 aromatic heterocycles. The zero-order chi connectivity index (χ0) is 18.1. The van der Waals surface area contributed by atoms with E-state index in [1.807, 2.05) is 29.6 Å². The minimum atomic E-state index is -0.322. The second-order valence-corrected chi connectivity index (χ2v) is 8.75. The van der Waals surface area contributed by atoms with Crippen LogP contribution in [-0.2, 0) is 4.79 Å². The summed E-state index contributed by atoms with van der Waals surface area (Å²) in [7, 11) is 0. The van der Waals surface area contributed by atoms with Crippen molar-refractivity contribution in [1.82, 2.24) is 10.3 Å². The van der Waals surface area contributed by atoms with Crippen LogP contribution in [0.1, 0.15) is 31.5 Å². The molecule has 2 aliphatic rings. The molecule has 3 heterocycles. The molecule has 5 nitrogen and oxygen atoms in total. The lowest BCUT2D eigenvalue weighted by Crippen LogP contribution is -2.50. The maximum absolute atomic E-state index is 12.9. The van der Waals surface area contributed by atoms with Crippen molar-refractivity contribution < 1.29 is 4.79 Å². The maximum Gasteiger partial charge on any atom is 0.276 e. The molecule has 1 aromatic carbocycles. The summed E-state index contributed by atoms with van der Waals surface area (Å²) in [5.41, 5.74) is 1.59. The van der Waals surface area contributed by atoms with E-state index in [1.165, 1.54) is 0 Å². The monoisotopic (exact) mass is 448 g/mol. The van der Waals surface area contributed by atoms with Gasteiger partial charge >= 0.3 is 0 Å². The third-order valence-corrected chi connectivity index (χ3v) is 6.29. The Balaban J connectivity index is 1.85. The highest BCUT2D eigenvalue weighted by Gasteiger charge is 2.34. The van der Waals surface area contributed by atoms with Gasteiger partial charge < -0.3 is 0 Å². The fourth-order valence-electron chi connectivity index (χ4n) is 2.87. The summed E-state index contributed by atoms with van der Waals surface area (Å²) in [6, 6.07) is 7.84. The van der Waals surface area contributed by atoms with Gasteiger partial charge in [0.2, 0.25) is 0 Å². The summed E-state index contributed by atoms with van der Waals surface area (Å²) in [5, 5.41) is 15.8. The molecule has 8 heteroatoms. The van der Waals surface area contributed by atoms with Crippen LogP contribution in [0.2, 0.25) is 0 Å². The van der Waals surface area contributed by atoms with E-state index < -0.39 is 0 Å². The number of fused-ring (bicyclic) bond motifs is 2. The highest BCUT2D eigenvalue weighted by Crippen LogP contribution is 2.31. The van der Waals surface area contributed by atoms with E-state index in [0.717, 1.165) is 39.2 Å². The number of amides is 1. The van der Waals surface area contributed by atoms with E-state index in [0.29, 0.717) is 10.9 Å². The molecule has 2 aromatic rings. The van der Waals surface area contributed by atoms with Crippen molar-refractivity contribution in [3.05, 3.63) is 55.6 Å². The maximum atomic E-state index is 12.9. The average molecular weight is 449 g/mol. The number of hydrazone groups is 1. The van der Waals surface area contributed by atoms with Crippen LogP contribution < -0.4 is 15.9 Å².